The highest BCUT2D eigenvalue weighted by Gasteiger charge is 2.53. The van der Waals surface area contributed by atoms with Crippen LogP contribution in [0.1, 0.15) is 44.5 Å². The highest BCUT2D eigenvalue weighted by Crippen LogP contribution is 2.66. The summed E-state index contributed by atoms with van der Waals surface area (Å²) in [6.07, 6.45) is 0. The van der Waals surface area contributed by atoms with Crippen molar-refractivity contribution in [2.24, 2.45) is 0 Å². The lowest BCUT2D eigenvalue weighted by Gasteiger charge is -2.40. The summed E-state index contributed by atoms with van der Waals surface area (Å²) < 4.78 is 6.74. The Morgan fingerprint density at radius 3 is 1.55 bits per heavy atom. The molecule has 15 rings (SSSR count). The topological polar surface area (TPSA) is 12.5 Å². The maximum absolute atomic E-state index is 6.74. The van der Waals surface area contributed by atoms with Crippen molar-refractivity contribution in [2.45, 2.75) is 20.6 Å². The van der Waals surface area contributed by atoms with Gasteiger partial charge in [-0.3, -0.25) is 0 Å². The lowest BCUT2D eigenvalue weighted by atomic mass is 9.66. The Morgan fingerprint density at radius 2 is 0.826 bits per heavy atom. The van der Waals surface area contributed by atoms with Crippen molar-refractivity contribution in [2.75, 3.05) is 4.90 Å². The van der Waals surface area contributed by atoms with E-state index in [-0.39, 0.29) is 0 Å². The van der Waals surface area contributed by atoms with Crippen LogP contribution < -0.4 is 9.64 Å². The van der Waals surface area contributed by atoms with E-state index in [0.29, 0.717) is 0 Å². The van der Waals surface area contributed by atoms with Crippen LogP contribution >= 0.6 is 11.8 Å². The van der Waals surface area contributed by atoms with Crippen LogP contribution in [0.5, 0.6) is 11.5 Å². The lowest BCUT2D eigenvalue weighted by molar-refractivity contribution is 0.436. The predicted octanol–water partition coefficient (Wildman–Crippen LogP) is 17.3. The number of anilines is 3. The molecular formula is C66H41NOS. The van der Waals surface area contributed by atoms with E-state index < -0.39 is 10.8 Å². The van der Waals surface area contributed by atoms with Crippen LogP contribution in [-0.2, 0) is 10.8 Å². The van der Waals surface area contributed by atoms with Gasteiger partial charge in [-0.15, -0.1) is 0 Å². The molecule has 2 aliphatic carbocycles. The van der Waals surface area contributed by atoms with Crippen LogP contribution in [0.2, 0.25) is 0 Å². The number of para-hydroxylation sites is 2. The van der Waals surface area contributed by atoms with Gasteiger partial charge in [-0.25, -0.2) is 0 Å². The number of benzene rings is 11. The Balaban J connectivity index is 1.00. The Hall–Kier alpha value is -8.37. The number of hydrogen-bond acceptors (Lipinski definition) is 3. The molecule has 3 heteroatoms. The largest absolute Gasteiger partial charge is 0.457 e. The zero-order chi connectivity index (χ0) is 45.3. The molecule has 0 N–H and O–H groups in total. The minimum absolute atomic E-state index is 0.461. The van der Waals surface area contributed by atoms with Gasteiger partial charge in [0.05, 0.1) is 16.5 Å². The van der Waals surface area contributed by atoms with E-state index in [0.717, 1.165) is 39.7 Å². The van der Waals surface area contributed by atoms with Crippen molar-refractivity contribution in [3.05, 3.63) is 293 Å². The normalized spacial score (nSPS) is 14.4. The van der Waals surface area contributed by atoms with E-state index in [4.69, 9.17) is 4.74 Å². The highest BCUT2D eigenvalue weighted by molar-refractivity contribution is 7.99. The Labute approximate surface area is 405 Å². The van der Waals surface area contributed by atoms with Crippen molar-refractivity contribution in [3.63, 3.8) is 0 Å². The molecular weight excluding hydrogens is 855 g/mol. The Kier molecular flexibility index (Phi) is 8.17. The van der Waals surface area contributed by atoms with Gasteiger partial charge in [0.2, 0.25) is 0 Å². The second-order valence-electron chi connectivity index (χ2n) is 18.6. The van der Waals surface area contributed by atoms with Crippen LogP contribution in [0.3, 0.4) is 0 Å². The standard InChI is InChI=1S/C66H41NOS/c1-2-19-46-42(17-1)18-15-22-47(46)43-35-37-44(38-36-43)67(45-39-40-53-50(41-45)48-20-3-5-23-51(48)65(53)56-27-9-13-33-62(56)69-63-34-14-10-28-57(63)65)59-30-16-29-58-64(59)49-21-4-6-24-52(49)66(58)54-25-7-11-31-60(54)68-61-32-12-8-26-55(61)66/h1-41H. The fraction of sp³-hybridized carbons (Fsp3) is 0.0303. The maximum Gasteiger partial charge on any atom is 0.132 e. The van der Waals surface area contributed by atoms with Gasteiger partial charge in [0, 0.05) is 37.9 Å². The summed E-state index contributed by atoms with van der Waals surface area (Å²) in [6, 6.07) is 92.3. The quantitative estimate of drug-likeness (QED) is 0.175. The summed E-state index contributed by atoms with van der Waals surface area (Å²) in [5.74, 6) is 1.78. The van der Waals surface area contributed by atoms with Crippen molar-refractivity contribution in [1.29, 1.82) is 0 Å². The van der Waals surface area contributed by atoms with E-state index in [2.05, 4.69) is 254 Å². The minimum Gasteiger partial charge on any atom is -0.457 e. The number of hydrogen-bond donors (Lipinski definition) is 0. The highest BCUT2D eigenvalue weighted by atomic mass is 32.2. The molecule has 11 aromatic rings. The second-order valence-corrected chi connectivity index (χ2v) is 19.7. The first-order valence-electron chi connectivity index (χ1n) is 23.8. The average molecular weight is 896 g/mol. The molecule has 11 aromatic carbocycles. The fourth-order valence-corrected chi connectivity index (χ4v) is 13.9. The van der Waals surface area contributed by atoms with Gasteiger partial charge < -0.3 is 9.64 Å². The first-order chi connectivity index (χ1) is 34.2. The van der Waals surface area contributed by atoms with Gasteiger partial charge in [0.25, 0.3) is 0 Å². The first kappa shape index (κ1) is 38.7. The predicted molar refractivity (Wildman–Crippen MR) is 283 cm³/mol. The number of ether oxygens (including phenoxy) is 1. The molecule has 2 spiro atoms. The van der Waals surface area contributed by atoms with Gasteiger partial charge >= 0.3 is 0 Å². The van der Waals surface area contributed by atoms with E-state index in [9.17, 15) is 0 Å². The van der Waals surface area contributed by atoms with Gasteiger partial charge in [0.15, 0.2) is 0 Å². The average Bonchev–Trinajstić information content (AvgIpc) is 3.87. The molecule has 0 radical (unpaired) electrons. The molecule has 0 saturated carbocycles. The lowest BCUT2D eigenvalue weighted by Crippen LogP contribution is -2.32. The third-order valence-electron chi connectivity index (χ3n) is 15.4. The van der Waals surface area contributed by atoms with Crippen LogP contribution in [0.15, 0.2) is 259 Å². The summed E-state index contributed by atoms with van der Waals surface area (Å²) in [4.78, 5) is 5.13. The first-order valence-corrected chi connectivity index (χ1v) is 24.6. The number of rotatable bonds is 4. The van der Waals surface area contributed by atoms with Crippen LogP contribution in [0, 0.1) is 0 Å². The summed E-state index contributed by atoms with van der Waals surface area (Å²) in [6.45, 7) is 0. The van der Waals surface area contributed by atoms with Gasteiger partial charge in [0.1, 0.15) is 11.5 Å². The molecule has 69 heavy (non-hydrogen) atoms. The third-order valence-corrected chi connectivity index (χ3v) is 16.6. The summed E-state index contributed by atoms with van der Waals surface area (Å²) >= 11 is 1.89. The van der Waals surface area contributed by atoms with Crippen molar-refractivity contribution in [1.82, 2.24) is 0 Å². The second kappa shape index (κ2) is 14.6. The van der Waals surface area contributed by atoms with Crippen molar-refractivity contribution >= 4 is 39.6 Å². The fourth-order valence-electron chi connectivity index (χ4n) is 12.8. The van der Waals surface area contributed by atoms with E-state index in [1.165, 1.54) is 87.3 Å². The molecule has 322 valence electrons. The van der Waals surface area contributed by atoms with Crippen molar-refractivity contribution < 1.29 is 4.74 Å². The van der Waals surface area contributed by atoms with E-state index >= 15 is 0 Å². The maximum atomic E-state index is 6.74. The number of nitrogens with zero attached hydrogens (tertiary/aromatic N) is 1. The molecule has 0 aromatic heterocycles. The van der Waals surface area contributed by atoms with E-state index in [1.807, 2.05) is 11.8 Å². The molecule has 4 aliphatic rings. The molecule has 2 aliphatic heterocycles. The molecule has 2 heterocycles. The van der Waals surface area contributed by atoms with Gasteiger partial charge in [-0.2, -0.15) is 0 Å². The summed E-state index contributed by atoms with van der Waals surface area (Å²) in [7, 11) is 0. The minimum atomic E-state index is -0.597. The Morgan fingerprint density at radius 1 is 0.333 bits per heavy atom. The zero-order valence-electron chi connectivity index (χ0n) is 37.4. The molecule has 2 nitrogen and oxygen atoms in total. The third kappa shape index (κ3) is 5.17. The van der Waals surface area contributed by atoms with Gasteiger partial charge in [-0.05, 0) is 127 Å². The molecule has 0 unspecified atom stereocenters. The van der Waals surface area contributed by atoms with Crippen molar-refractivity contribution in [3.8, 4) is 44.9 Å². The van der Waals surface area contributed by atoms with Crippen LogP contribution in [-0.4, -0.2) is 0 Å². The summed E-state index contributed by atoms with van der Waals surface area (Å²) in [5.41, 5.74) is 19.8. The molecule has 0 saturated heterocycles. The monoisotopic (exact) mass is 895 g/mol. The Bertz CT molecular complexity index is 3850. The summed E-state index contributed by atoms with van der Waals surface area (Å²) in [5, 5.41) is 2.49. The molecule has 0 fully saturated rings. The smallest absolute Gasteiger partial charge is 0.132 e. The zero-order valence-corrected chi connectivity index (χ0v) is 38.3. The molecule has 0 atom stereocenters. The molecule has 0 amide bonds. The van der Waals surface area contributed by atoms with Crippen LogP contribution in [0.4, 0.5) is 17.1 Å². The van der Waals surface area contributed by atoms with Gasteiger partial charge in [-0.1, -0.05) is 206 Å². The SMILES string of the molecule is c1ccc2c(c1)Oc1ccccc1C21c2ccccc2-c2c(N(c3ccc(-c4cccc5ccccc45)cc3)c3ccc4c(c3)-c3ccccc3C43c4ccccc4Sc4ccccc43)cccc21. The van der Waals surface area contributed by atoms with Crippen LogP contribution in [0.25, 0.3) is 44.2 Å². The number of fused-ring (bicyclic) bond motifs is 19. The molecule has 0 bridgehead atoms. The van der Waals surface area contributed by atoms with E-state index in [1.54, 1.807) is 0 Å².